The van der Waals surface area contributed by atoms with Crippen molar-refractivity contribution >= 4 is 55.8 Å². The van der Waals surface area contributed by atoms with Crippen LogP contribution in [-0.2, 0) is 4.79 Å². The minimum atomic E-state index is -0.337. The first-order valence-electron chi connectivity index (χ1n) is 6.02. The van der Waals surface area contributed by atoms with Crippen LogP contribution in [0.2, 0.25) is 0 Å². The van der Waals surface area contributed by atoms with Gasteiger partial charge in [0.1, 0.15) is 0 Å². The van der Waals surface area contributed by atoms with Crippen molar-refractivity contribution < 1.29 is 4.79 Å². The van der Waals surface area contributed by atoms with Crippen molar-refractivity contribution in [3.8, 4) is 0 Å². The van der Waals surface area contributed by atoms with E-state index in [-0.39, 0.29) is 10.9 Å². The Bertz CT molecular complexity index is 725. The fourth-order valence-corrected chi connectivity index (χ4v) is 2.75. The van der Waals surface area contributed by atoms with E-state index in [9.17, 15) is 4.79 Å². The van der Waals surface area contributed by atoms with Crippen molar-refractivity contribution in [3.05, 3.63) is 58.6 Å². The molecule has 2 rings (SSSR count). The van der Waals surface area contributed by atoms with Crippen LogP contribution in [0.15, 0.2) is 58.6 Å². The van der Waals surface area contributed by atoms with E-state index >= 15 is 0 Å². The number of allylic oxidation sites excluding steroid dienone is 3. The molecule has 21 heavy (non-hydrogen) atoms. The molecule has 108 valence electrons. The minimum Gasteiger partial charge on any atom is -0.298 e. The highest BCUT2D eigenvalue weighted by Gasteiger charge is 2.11. The molecule has 1 aromatic carbocycles. The van der Waals surface area contributed by atoms with E-state index < -0.39 is 0 Å². The number of amides is 1. The van der Waals surface area contributed by atoms with E-state index in [2.05, 4.69) is 16.9 Å². The van der Waals surface area contributed by atoms with Crippen molar-refractivity contribution in [2.75, 3.05) is 5.32 Å². The molecule has 0 aliphatic carbocycles. The summed E-state index contributed by atoms with van der Waals surface area (Å²) in [4.78, 5) is 16.6. The monoisotopic (exact) mass is 338 g/mol. The molecule has 0 aliphatic rings. The molecule has 1 aromatic heterocycles. The summed E-state index contributed by atoms with van der Waals surface area (Å²) in [6.07, 6.45) is 2.98. The van der Waals surface area contributed by atoms with Crippen molar-refractivity contribution in [3.63, 3.8) is 0 Å². The van der Waals surface area contributed by atoms with Crippen LogP contribution < -0.4 is 5.32 Å². The van der Waals surface area contributed by atoms with Gasteiger partial charge in [-0.15, -0.1) is 0 Å². The molecule has 6 heteroatoms. The van der Waals surface area contributed by atoms with Gasteiger partial charge in [0.25, 0.3) is 5.91 Å². The number of hydrogen-bond donors (Lipinski definition) is 1. The molecule has 1 N–H and O–H groups in total. The zero-order chi connectivity index (χ0) is 15.4. The highest BCUT2D eigenvalue weighted by Crippen LogP contribution is 2.26. The number of fused-ring (bicyclic) bond motifs is 1. The fraction of sp³-hybridized carbons (Fsp3) is 0.0667. The van der Waals surface area contributed by atoms with Crippen molar-refractivity contribution in [1.29, 1.82) is 0 Å². The van der Waals surface area contributed by atoms with Crippen LogP contribution in [0.5, 0.6) is 0 Å². The summed E-state index contributed by atoms with van der Waals surface area (Å²) in [5, 5.41) is 3.98. The van der Waals surface area contributed by atoms with Gasteiger partial charge in [0.15, 0.2) is 5.13 Å². The minimum absolute atomic E-state index is 0.249. The Labute approximate surface area is 136 Å². The van der Waals surface area contributed by atoms with Gasteiger partial charge in [-0.2, -0.15) is 0 Å². The van der Waals surface area contributed by atoms with Crippen molar-refractivity contribution in [2.45, 2.75) is 6.92 Å². The van der Waals surface area contributed by atoms with Crippen LogP contribution in [0.3, 0.4) is 0 Å². The van der Waals surface area contributed by atoms with E-state index in [1.165, 1.54) is 23.5 Å². The molecule has 0 unspecified atom stereocenters. The number of thiazole rings is 1. The molecule has 2 aromatic rings. The lowest BCUT2D eigenvalue weighted by Gasteiger charge is -2.03. The number of para-hydroxylation sites is 1. The third-order valence-corrected chi connectivity index (χ3v) is 3.61. The summed E-state index contributed by atoms with van der Waals surface area (Å²) in [6, 6.07) is 7.66. The van der Waals surface area contributed by atoms with Crippen LogP contribution in [0.4, 0.5) is 5.13 Å². The summed E-state index contributed by atoms with van der Waals surface area (Å²) >= 11 is 13.0. The third kappa shape index (κ3) is 4.43. The summed E-state index contributed by atoms with van der Waals surface area (Å²) < 4.78 is 1.00. The van der Waals surface area contributed by atoms with Crippen molar-refractivity contribution in [1.82, 2.24) is 4.98 Å². The summed E-state index contributed by atoms with van der Waals surface area (Å²) in [6.45, 7) is 5.23. The summed E-state index contributed by atoms with van der Waals surface area (Å²) in [5.41, 5.74) is 1.16. The molecule has 3 nitrogen and oxygen atoms in total. The molecular weight excluding hydrogens is 327 g/mol. The molecule has 0 aliphatic heterocycles. The number of halogens is 2. The fourth-order valence-electron chi connectivity index (χ4n) is 1.65. The first-order chi connectivity index (χ1) is 9.95. The highest BCUT2D eigenvalue weighted by atomic mass is 35.5. The van der Waals surface area contributed by atoms with E-state index in [1.54, 1.807) is 6.92 Å². The van der Waals surface area contributed by atoms with Crippen molar-refractivity contribution in [2.24, 2.45) is 0 Å². The smallest absolute Gasteiger partial charge is 0.257 e. The second kappa shape index (κ2) is 6.89. The van der Waals surface area contributed by atoms with E-state index in [0.717, 1.165) is 10.2 Å². The topological polar surface area (TPSA) is 42.0 Å². The molecule has 0 saturated heterocycles. The zero-order valence-corrected chi connectivity index (χ0v) is 13.5. The Kier molecular flexibility index (Phi) is 5.17. The van der Waals surface area contributed by atoms with Gasteiger partial charge in [-0.3, -0.25) is 10.1 Å². The van der Waals surface area contributed by atoms with E-state index in [0.29, 0.717) is 15.7 Å². The van der Waals surface area contributed by atoms with Crippen LogP contribution in [-0.4, -0.2) is 10.9 Å². The average molecular weight is 339 g/mol. The number of rotatable bonds is 4. The SMILES string of the molecule is C=C(Cl)/C=C(\C=C(/C)Cl)C(=O)Nc1nc2ccccc2s1. The van der Waals surface area contributed by atoms with Gasteiger partial charge in [-0.25, -0.2) is 4.98 Å². The van der Waals surface area contributed by atoms with Gasteiger partial charge in [0.05, 0.1) is 10.2 Å². The molecule has 0 spiro atoms. The molecule has 0 radical (unpaired) electrons. The summed E-state index contributed by atoms with van der Waals surface area (Å²) in [5.74, 6) is -0.337. The first kappa shape index (κ1) is 15.8. The molecule has 1 amide bonds. The van der Waals surface area contributed by atoms with Crippen LogP contribution in [0.1, 0.15) is 6.92 Å². The molecule has 0 saturated carbocycles. The number of carbonyl (C=O) groups excluding carboxylic acids is 1. The maximum absolute atomic E-state index is 12.2. The Hall–Kier alpha value is -1.62. The molecule has 0 fully saturated rings. The van der Waals surface area contributed by atoms with E-state index in [1.807, 2.05) is 24.3 Å². The van der Waals surface area contributed by atoms with Gasteiger partial charge >= 0.3 is 0 Å². The maximum atomic E-state index is 12.2. The van der Waals surface area contributed by atoms with Crippen LogP contribution in [0.25, 0.3) is 10.2 Å². The predicted molar refractivity (Wildman–Crippen MR) is 90.9 cm³/mol. The number of aromatic nitrogens is 1. The number of hydrogen-bond acceptors (Lipinski definition) is 3. The van der Waals surface area contributed by atoms with Gasteiger partial charge in [-0.1, -0.05) is 53.3 Å². The van der Waals surface area contributed by atoms with Gasteiger partial charge in [0.2, 0.25) is 0 Å². The number of anilines is 1. The molecular formula is C15H12Cl2N2OS. The Balaban J connectivity index is 2.26. The van der Waals surface area contributed by atoms with Crippen LogP contribution in [0, 0.1) is 0 Å². The lowest BCUT2D eigenvalue weighted by atomic mass is 10.2. The second-order valence-electron chi connectivity index (χ2n) is 4.22. The lowest BCUT2D eigenvalue weighted by molar-refractivity contribution is -0.112. The standard InChI is InChI=1S/C15H12Cl2N2OS/c1-9(16)7-11(8-10(2)17)14(20)19-15-18-12-5-3-4-6-13(12)21-15/h3-8H,1H2,2H3,(H,18,19,20)/b10-8+,11-7+. The Morgan fingerprint density at radius 1 is 1.33 bits per heavy atom. The Morgan fingerprint density at radius 3 is 2.67 bits per heavy atom. The molecule has 0 atom stereocenters. The van der Waals surface area contributed by atoms with Gasteiger partial charge in [0, 0.05) is 15.6 Å². The zero-order valence-electron chi connectivity index (χ0n) is 11.2. The second-order valence-corrected chi connectivity index (χ2v) is 6.33. The largest absolute Gasteiger partial charge is 0.298 e. The Morgan fingerprint density at radius 2 is 2.05 bits per heavy atom. The number of nitrogens with one attached hydrogen (secondary N) is 1. The maximum Gasteiger partial charge on any atom is 0.257 e. The third-order valence-electron chi connectivity index (χ3n) is 2.44. The van der Waals surface area contributed by atoms with Crippen LogP contribution >= 0.6 is 34.5 Å². The number of benzene rings is 1. The predicted octanol–water partition coefficient (Wildman–Crippen LogP) is 5.06. The highest BCUT2D eigenvalue weighted by molar-refractivity contribution is 7.22. The summed E-state index contributed by atoms with van der Waals surface area (Å²) in [7, 11) is 0. The van der Waals surface area contributed by atoms with Gasteiger partial charge < -0.3 is 0 Å². The quantitative estimate of drug-likeness (QED) is 0.625. The molecule has 1 heterocycles. The number of carbonyl (C=O) groups is 1. The average Bonchev–Trinajstić information content (AvgIpc) is 2.78. The van der Waals surface area contributed by atoms with E-state index in [4.69, 9.17) is 23.2 Å². The normalized spacial score (nSPS) is 12.5. The molecule has 0 bridgehead atoms. The first-order valence-corrected chi connectivity index (χ1v) is 7.60. The van der Waals surface area contributed by atoms with Gasteiger partial charge in [-0.05, 0) is 31.2 Å². The number of nitrogens with zero attached hydrogens (tertiary/aromatic N) is 1. The lowest BCUT2D eigenvalue weighted by Crippen LogP contribution is -2.13.